The number of methoxy groups -OCH3 is 2. The van der Waals surface area contributed by atoms with E-state index in [9.17, 15) is 28.7 Å². The Balaban J connectivity index is 1.41. The Hall–Kier alpha value is -4.96. The van der Waals surface area contributed by atoms with Gasteiger partial charge in [0, 0.05) is 23.6 Å². The third-order valence-electron chi connectivity index (χ3n) is 10.6. The number of amides is 4. The number of hydrogen-bond acceptors (Lipinski definition) is 7. The molecule has 11 heteroatoms. The third kappa shape index (κ3) is 4.35. The van der Waals surface area contributed by atoms with Crippen LogP contribution in [0.25, 0.3) is 6.08 Å². The van der Waals surface area contributed by atoms with Crippen LogP contribution >= 0.6 is 11.6 Å². The number of phenols is 1. The number of carbonyl (C=O) groups excluding carboxylic acids is 4. The number of aromatic hydroxyl groups is 1. The number of halogens is 2. The van der Waals surface area contributed by atoms with Crippen molar-refractivity contribution in [2.24, 2.45) is 29.1 Å². The highest BCUT2D eigenvalue weighted by atomic mass is 35.5. The van der Waals surface area contributed by atoms with Crippen LogP contribution in [0.1, 0.15) is 36.8 Å². The lowest BCUT2D eigenvalue weighted by molar-refractivity contribution is -0.131. The van der Waals surface area contributed by atoms with Gasteiger partial charge >= 0.3 is 0 Å². The number of ether oxygens (including phenoxy) is 2. The van der Waals surface area contributed by atoms with Crippen LogP contribution in [0, 0.1) is 34.9 Å². The zero-order valence-corrected chi connectivity index (χ0v) is 27.2. The van der Waals surface area contributed by atoms with Gasteiger partial charge in [0.1, 0.15) is 23.1 Å². The Bertz CT molecular complexity index is 1930. The first kappa shape index (κ1) is 31.6. The lowest BCUT2D eigenvalue weighted by atomic mass is 9.51. The number of hydrogen-bond donors (Lipinski definition) is 1. The SMILES string of the molecule is C=Cc1ccc(N2C(=O)C3CC=C4C(CC5C(=O)N(c6ccc(F)c(Cl)c6)C(=O)C5(C)C4c4c(OC)cc(O)cc4OC)C3C2=O)cc1. The van der Waals surface area contributed by atoms with Gasteiger partial charge in [-0.15, -0.1) is 0 Å². The second-order valence-electron chi connectivity index (χ2n) is 12.8. The molecule has 2 aliphatic carbocycles. The van der Waals surface area contributed by atoms with E-state index in [1.54, 1.807) is 37.3 Å². The van der Waals surface area contributed by atoms with Crippen LogP contribution in [-0.2, 0) is 19.2 Å². The smallest absolute Gasteiger partial charge is 0.241 e. The first-order chi connectivity index (χ1) is 23.0. The normalized spacial score (nSPS) is 27.8. The zero-order valence-electron chi connectivity index (χ0n) is 26.4. The second kappa shape index (κ2) is 11.3. The monoisotopic (exact) mass is 670 g/mol. The first-order valence-electron chi connectivity index (χ1n) is 15.5. The topological polar surface area (TPSA) is 113 Å². The van der Waals surface area contributed by atoms with Crippen molar-refractivity contribution in [3.8, 4) is 17.2 Å². The van der Waals surface area contributed by atoms with E-state index in [2.05, 4.69) is 6.58 Å². The maximum Gasteiger partial charge on any atom is 0.241 e. The van der Waals surface area contributed by atoms with Crippen molar-refractivity contribution in [1.82, 2.24) is 0 Å². The summed E-state index contributed by atoms with van der Waals surface area (Å²) in [7, 11) is 2.85. The largest absolute Gasteiger partial charge is 0.508 e. The van der Waals surface area contributed by atoms with Gasteiger partial charge in [0.05, 0.1) is 53.8 Å². The van der Waals surface area contributed by atoms with Crippen LogP contribution in [0.15, 0.2) is 72.8 Å². The molecule has 2 saturated heterocycles. The molecule has 2 aliphatic heterocycles. The highest BCUT2D eigenvalue weighted by Crippen LogP contribution is 2.65. The molecule has 48 heavy (non-hydrogen) atoms. The van der Waals surface area contributed by atoms with E-state index in [0.717, 1.165) is 16.5 Å². The van der Waals surface area contributed by atoms with Gasteiger partial charge < -0.3 is 14.6 Å². The average Bonchev–Trinajstić information content (AvgIpc) is 3.45. The molecule has 246 valence electrons. The van der Waals surface area contributed by atoms with E-state index in [1.807, 2.05) is 6.08 Å². The van der Waals surface area contributed by atoms with Crippen LogP contribution < -0.4 is 19.3 Å². The van der Waals surface area contributed by atoms with E-state index in [4.69, 9.17) is 21.1 Å². The number of allylic oxidation sites excluding steroid dienone is 2. The minimum absolute atomic E-state index is 0.112. The predicted molar refractivity (Wildman–Crippen MR) is 176 cm³/mol. The number of rotatable bonds is 6. The van der Waals surface area contributed by atoms with Crippen LogP contribution in [0.2, 0.25) is 5.02 Å². The van der Waals surface area contributed by atoms with E-state index in [1.165, 1.54) is 43.4 Å². The van der Waals surface area contributed by atoms with Crippen molar-refractivity contribution < 1.29 is 38.1 Å². The summed E-state index contributed by atoms with van der Waals surface area (Å²) in [5.41, 5.74) is 1.10. The average molecular weight is 671 g/mol. The zero-order chi connectivity index (χ0) is 34.2. The van der Waals surface area contributed by atoms with Gasteiger partial charge in [0.2, 0.25) is 23.6 Å². The Morgan fingerprint density at radius 3 is 2.17 bits per heavy atom. The van der Waals surface area contributed by atoms with Crippen LogP contribution in [0.5, 0.6) is 17.2 Å². The molecule has 3 fully saturated rings. The summed E-state index contributed by atoms with van der Waals surface area (Å²) in [6.07, 6.45) is 3.93. The fourth-order valence-corrected chi connectivity index (χ4v) is 8.59. The summed E-state index contributed by atoms with van der Waals surface area (Å²) in [5, 5.41) is 10.3. The molecule has 0 radical (unpaired) electrons. The molecule has 0 bridgehead atoms. The molecule has 4 aliphatic rings. The highest BCUT2D eigenvalue weighted by Gasteiger charge is 2.68. The molecule has 6 unspecified atom stereocenters. The Morgan fingerprint density at radius 2 is 1.56 bits per heavy atom. The molecule has 1 saturated carbocycles. The fraction of sp³-hybridized carbons (Fsp3) is 0.297. The lowest BCUT2D eigenvalue weighted by Crippen LogP contribution is -2.49. The van der Waals surface area contributed by atoms with E-state index >= 15 is 0 Å². The van der Waals surface area contributed by atoms with E-state index in [0.29, 0.717) is 16.8 Å². The summed E-state index contributed by atoms with van der Waals surface area (Å²) in [6, 6.07) is 13.4. The number of imide groups is 2. The second-order valence-corrected chi connectivity index (χ2v) is 13.2. The first-order valence-corrected chi connectivity index (χ1v) is 15.9. The number of anilines is 2. The Morgan fingerprint density at radius 1 is 0.917 bits per heavy atom. The van der Waals surface area contributed by atoms with Gasteiger partial charge in [-0.2, -0.15) is 0 Å². The molecule has 9 nitrogen and oxygen atoms in total. The molecule has 4 amide bonds. The molecule has 2 heterocycles. The molecule has 0 aromatic heterocycles. The predicted octanol–water partition coefficient (Wildman–Crippen LogP) is 6.28. The highest BCUT2D eigenvalue weighted by molar-refractivity contribution is 6.32. The molecule has 3 aromatic rings. The minimum atomic E-state index is -1.43. The van der Waals surface area contributed by atoms with Gasteiger partial charge in [-0.25, -0.2) is 9.29 Å². The van der Waals surface area contributed by atoms with Crippen molar-refractivity contribution >= 4 is 52.7 Å². The van der Waals surface area contributed by atoms with Crippen LogP contribution in [-0.4, -0.2) is 43.0 Å². The van der Waals surface area contributed by atoms with Gasteiger partial charge in [-0.1, -0.05) is 48.0 Å². The summed E-state index contributed by atoms with van der Waals surface area (Å²) < 4.78 is 25.7. The van der Waals surface area contributed by atoms with Gasteiger partial charge in [0.15, 0.2) is 0 Å². The molecule has 1 N–H and O–H groups in total. The maximum absolute atomic E-state index is 14.7. The van der Waals surface area contributed by atoms with Crippen LogP contribution in [0.3, 0.4) is 0 Å². The molecule has 0 spiro atoms. The Kier molecular flexibility index (Phi) is 7.47. The number of phenolic OH excluding ortho intramolecular Hbond substituents is 1. The van der Waals surface area contributed by atoms with Crippen molar-refractivity contribution in [3.63, 3.8) is 0 Å². The number of carbonyl (C=O) groups is 4. The third-order valence-corrected chi connectivity index (χ3v) is 10.9. The summed E-state index contributed by atoms with van der Waals surface area (Å²) >= 11 is 6.10. The van der Waals surface area contributed by atoms with E-state index in [-0.39, 0.29) is 52.6 Å². The number of fused-ring (bicyclic) bond motifs is 4. The molecular weight excluding hydrogens is 639 g/mol. The summed E-state index contributed by atoms with van der Waals surface area (Å²) in [6.45, 7) is 5.47. The number of benzene rings is 3. The molecular formula is C37H32ClFN2O7. The van der Waals surface area contributed by atoms with Gasteiger partial charge in [-0.3, -0.25) is 24.1 Å². The van der Waals surface area contributed by atoms with Gasteiger partial charge in [-0.05, 0) is 61.6 Å². The van der Waals surface area contributed by atoms with Crippen molar-refractivity contribution in [3.05, 3.63) is 94.8 Å². The molecule has 7 rings (SSSR count). The van der Waals surface area contributed by atoms with Gasteiger partial charge in [0.25, 0.3) is 0 Å². The van der Waals surface area contributed by atoms with Crippen molar-refractivity contribution in [2.75, 3.05) is 24.0 Å². The van der Waals surface area contributed by atoms with Crippen molar-refractivity contribution in [1.29, 1.82) is 0 Å². The lowest BCUT2D eigenvalue weighted by Gasteiger charge is -2.49. The number of nitrogens with zero attached hydrogens (tertiary/aromatic N) is 2. The quantitative estimate of drug-likeness (QED) is 0.243. The summed E-state index contributed by atoms with van der Waals surface area (Å²) in [5.74, 6) is -6.04. The molecule has 6 atom stereocenters. The maximum atomic E-state index is 14.7. The van der Waals surface area contributed by atoms with Crippen molar-refractivity contribution in [2.45, 2.75) is 25.7 Å². The molecule has 3 aromatic carbocycles. The fourth-order valence-electron chi connectivity index (χ4n) is 8.42. The van der Waals surface area contributed by atoms with Crippen LogP contribution in [0.4, 0.5) is 15.8 Å². The minimum Gasteiger partial charge on any atom is -0.508 e. The standard InChI is InChI=1S/C37H32ClFN2O7/c1-5-18-6-8-19(9-7-18)40-33(43)23-12-11-22-24(30(23)35(40)45)17-25-34(44)41(20-10-13-27(39)26(38)14-20)36(46)37(25,2)32(22)31-28(47-3)15-21(42)16-29(31)48-4/h5-11,13-16,23-25,30,32,42H,1,12,17H2,2-4H3. The van der Waals surface area contributed by atoms with E-state index < -0.39 is 52.6 Å². The summed E-state index contributed by atoms with van der Waals surface area (Å²) in [4.78, 5) is 59.6. The Labute approximate surface area is 281 Å².